The highest BCUT2D eigenvalue weighted by atomic mass is 16.5. The normalized spacial score (nSPS) is 20.0. The van der Waals surface area contributed by atoms with Crippen LogP contribution in [-0.2, 0) is 5.60 Å². The van der Waals surface area contributed by atoms with Crippen LogP contribution in [0.15, 0.2) is 41.0 Å². The monoisotopic (exact) mass is 329 g/mol. The summed E-state index contributed by atoms with van der Waals surface area (Å²) in [6, 6.07) is 8.82. The highest BCUT2D eigenvalue weighted by molar-refractivity contribution is 5.93. The van der Waals surface area contributed by atoms with Gasteiger partial charge in [-0.25, -0.2) is 0 Å². The van der Waals surface area contributed by atoms with Gasteiger partial charge in [-0.2, -0.15) is 0 Å². The maximum atomic E-state index is 12.8. The second-order valence-corrected chi connectivity index (χ2v) is 6.47. The molecular weight excluding hydrogens is 306 g/mol. The number of carbonyl (C=O) groups is 1. The SMILES string of the molecule is COc1ccc([C@](C)(O)[C@@H]2CCCN2C(=O)c2occc2C)cc1. The molecule has 1 aliphatic heterocycles. The van der Waals surface area contributed by atoms with E-state index in [2.05, 4.69) is 0 Å². The van der Waals surface area contributed by atoms with Crippen molar-refractivity contribution in [2.45, 2.75) is 38.3 Å². The molecule has 1 amide bonds. The molecule has 1 aliphatic rings. The molecule has 5 nitrogen and oxygen atoms in total. The van der Waals surface area contributed by atoms with Crippen LogP contribution in [0.25, 0.3) is 0 Å². The number of ether oxygens (including phenoxy) is 1. The van der Waals surface area contributed by atoms with Crippen LogP contribution in [-0.4, -0.2) is 35.6 Å². The van der Waals surface area contributed by atoms with Gasteiger partial charge in [0.15, 0.2) is 5.76 Å². The summed E-state index contributed by atoms with van der Waals surface area (Å²) >= 11 is 0. The summed E-state index contributed by atoms with van der Waals surface area (Å²) in [6.07, 6.45) is 3.14. The molecule has 0 bridgehead atoms. The van der Waals surface area contributed by atoms with Gasteiger partial charge in [-0.1, -0.05) is 12.1 Å². The van der Waals surface area contributed by atoms with Crippen LogP contribution >= 0.6 is 0 Å². The van der Waals surface area contributed by atoms with Gasteiger partial charge in [-0.05, 0) is 50.5 Å². The molecule has 2 aromatic rings. The molecule has 0 unspecified atom stereocenters. The minimum absolute atomic E-state index is 0.159. The molecule has 0 spiro atoms. The second kappa shape index (κ2) is 6.32. The number of amides is 1. The molecule has 2 heterocycles. The lowest BCUT2D eigenvalue weighted by molar-refractivity contribution is -0.0186. The lowest BCUT2D eigenvalue weighted by Crippen LogP contribution is -2.48. The fourth-order valence-corrected chi connectivity index (χ4v) is 3.44. The van der Waals surface area contributed by atoms with Crippen molar-refractivity contribution in [1.29, 1.82) is 0 Å². The van der Waals surface area contributed by atoms with Crippen molar-refractivity contribution < 1.29 is 19.1 Å². The number of hydrogen-bond acceptors (Lipinski definition) is 4. The van der Waals surface area contributed by atoms with Crippen LogP contribution in [0, 0.1) is 6.92 Å². The van der Waals surface area contributed by atoms with Crippen LogP contribution in [0.2, 0.25) is 0 Å². The molecule has 24 heavy (non-hydrogen) atoms. The predicted octanol–water partition coefficient (Wildman–Crippen LogP) is 3.11. The highest BCUT2D eigenvalue weighted by Gasteiger charge is 2.43. The maximum Gasteiger partial charge on any atom is 0.290 e. The Morgan fingerprint density at radius 1 is 1.33 bits per heavy atom. The van der Waals surface area contributed by atoms with Crippen molar-refractivity contribution in [3.05, 3.63) is 53.5 Å². The highest BCUT2D eigenvalue weighted by Crippen LogP contribution is 2.36. The first-order chi connectivity index (χ1) is 11.4. The van der Waals surface area contributed by atoms with Gasteiger partial charge < -0.3 is 19.2 Å². The van der Waals surface area contributed by atoms with E-state index in [1.54, 1.807) is 25.0 Å². The molecule has 1 aromatic carbocycles. The van der Waals surface area contributed by atoms with Gasteiger partial charge in [-0.3, -0.25) is 4.79 Å². The number of furan rings is 1. The number of hydrogen-bond donors (Lipinski definition) is 1. The van der Waals surface area contributed by atoms with E-state index < -0.39 is 5.60 Å². The first kappa shape index (κ1) is 16.6. The van der Waals surface area contributed by atoms with E-state index >= 15 is 0 Å². The molecule has 2 atom stereocenters. The van der Waals surface area contributed by atoms with Crippen molar-refractivity contribution in [3.8, 4) is 5.75 Å². The smallest absolute Gasteiger partial charge is 0.290 e. The Bertz CT molecular complexity index is 717. The number of nitrogens with zero attached hydrogens (tertiary/aromatic N) is 1. The third-order valence-corrected chi connectivity index (χ3v) is 4.89. The molecule has 0 aliphatic carbocycles. The lowest BCUT2D eigenvalue weighted by atomic mass is 9.86. The van der Waals surface area contributed by atoms with E-state index in [-0.39, 0.29) is 11.9 Å². The Hall–Kier alpha value is -2.27. The zero-order valence-electron chi connectivity index (χ0n) is 14.3. The second-order valence-electron chi connectivity index (χ2n) is 6.47. The van der Waals surface area contributed by atoms with E-state index in [9.17, 15) is 9.90 Å². The van der Waals surface area contributed by atoms with Crippen molar-refractivity contribution in [2.24, 2.45) is 0 Å². The summed E-state index contributed by atoms with van der Waals surface area (Å²) in [4.78, 5) is 14.6. The third kappa shape index (κ3) is 2.80. The predicted molar refractivity (Wildman–Crippen MR) is 90.1 cm³/mol. The standard InChI is InChI=1S/C19H23NO4/c1-13-10-12-24-17(13)18(21)20-11-4-5-16(20)19(2,22)14-6-8-15(23-3)9-7-14/h6-10,12,16,22H,4-5,11H2,1-3H3/t16-,19-/m0/s1. The van der Waals surface area contributed by atoms with Gasteiger partial charge in [0.2, 0.25) is 0 Å². The zero-order valence-corrected chi connectivity index (χ0v) is 14.3. The van der Waals surface area contributed by atoms with Gasteiger partial charge in [-0.15, -0.1) is 0 Å². The fraction of sp³-hybridized carbons (Fsp3) is 0.421. The van der Waals surface area contributed by atoms with Crippen LogP contribution in [0.5, 0.6) is 5.75 Å². The van der Waals surface area contributed by atoms with Crippen molar-refractivity contribution in [2.75, 3.05) is 13.7 Å². The Kier molecular flexibility index (Phi) is 4.37. The summed E-state index contributed by atoms with van der Waals surface area (Å²) in [5, 5.41) is 11.2. The Morgan fingerprint density at radius 2 is 2.04 bits per heavy atom. The van der Waals surface area contributed by atoms with Gasteiger partial charge in [0.1, 0.15) is 11.4 Å². The van der Waals surface area contributed by atoms with Crippen LogP contribution < -0.4 is 4.74 Å². The number of carbonyl (C=O) groups excluding carboxylic acids is 1. The van der Waals surface area contributed by atoms with Crippen molar-refractivity contribution >= 4 is 5.91 Å². The molecule has 1 aromatic heterocycles. The average Bonchev–Trinajstić information content (AvgIpc) is 3.23. The average molecular weight is 329 g/mol. The summed E-state index contributed by atoms with van der Waals surface area (Å²) in [5.74, 6) is 0.932. The minimum Gasteiger partial charge on any atom is -0.497 e. The van der Waals surface area contributed by atoms with Crippen LogP contribution in [0.3, 0.4) is 0 Å². The molecule has 5 heteroatoms. The number of aryl methyl sites for hydroxylation is 1. The molecule has 128 valence electrons. The third-order valence-electron chi connectivity index (χ3n) is 4.89. The first-order valence-corrected chi connectivity index (χ1v) is 8.17. The summed E-state index contributed by atoms with van der Waals surface area (Å²) in [6.45, 7) is 4.24. The molecule has 0 saturated carbocycles. The molecule has 1 fully saturated rings. The molecule has 1 saturated heterocycles. The van der Waals surface area contributed by atoms with Gasteiger partial charge >= 0.3 is 0 Å². The molecule has 1 N–H and O–H groups in total. The van der Waals surface area contributed by atoms with Gasteiger partial charge in [0, 0.05) is 12.1 Å². The number of aliphatic hydroxyl groups is 1. The quantitative estimate of drug-likeness (QED) is 0.936. The fourth-order valence-electron chi connectivity index (χ4n) is 3.44. The molecular formula is C19H23NO4. The van der Waals surface area contributed by atoms with E-state index in [0.717, 1.165) is 29.7 Å². The van der Waals surface area contributed by atoms with E-state index in [0.29, 0.717) is 12.3 Å². The van der Waals surface area contributed by atoms with Crippen molar-refractivity contribution in [3.63, 3.8) is 0 Å². The summed E-state index contributed by atoms with van der Waals surface area (Å²) in [5.41, 5.74) is 0.442. The number of benzene rings is 1. The van der Waals surface area contributed by atoms with E-state index in [1.165, 1.54) is 6.26 Å². The number of methoxy groups -OCH3 is 1. The maximum absolute atomic E-state index is 12.8. The lowest BCUT2D eigenvalue weighted by Gasteiger charge is -2.36. The largest absolute Gasteiger partial charge is 0.497 e. The molecule has 0 radical (unpaired) electrons. The topological polar surface area (TPSA) is 62.9 Å². The summed E-state index contributed by atoms with van der Waals surface area (Å²) in [7, 11) is 1.61. The van der Waals surface area contributed by atoms with Gasteiger partial charge in [0.25, 0.3) is 5.91 Å². The zero-order chi connectivity index (χ0) is 17.3. The Labute approximate surface area is 141 Å². The van der Waals surface area contributed by atoms with Crippen LogP contribution in [0.4, 0.5) is 0 Å². The minimum atomic E-state index is -1.14. The Balaban J connectivity index is 1.88. The van der Waals surface area contributed by atoms with E-state index in [4.69, 9.17) is 9.15 Å². The van der Waals surface area contributed by atoms with Crippen molar-refractivity contribution in [1.82, 2.24) is 4.90 Å². The first-order valence-electron chi connectivity index (χ1n) is 8.17. The Morgan fingerprint density at radius 3 is 2.62 bits per heavy atom. The van der Waals surface area contributed by atoms with Crippen LogP contribution in [0.1, 0.15) is 41.4 Å². The molecule has 3 rings (SSSR count). The number of likely N-dealkylation sites (tertiary alicyclic amines) is 1. The number of rotatable bonds is 4. The van der Waals surface area contributed by atoms with Gasteiger partial charge in [0.05, 0.1) is 19.4 Å². The summed E-state index contributed by atoms with van der Waals surface area (Å²) < 4.78 is 10.5. The van der Waals surface area contributed by atoms with E-state index in [1.807, 2.05) is 31.2 Å².